The molecular weight excluding hydrogens is 502 g/mol. The van der Waals surface area contributed by atoms with Crippen LogP contribution in [0.3, 0.4) is 0 Å². The van der Waals surface area contributed by atoms with Crippen molar-refractivity contribution in [2.75, 3.05) is 44.0 Å². The monoisotopic (exact) mass is 543 g/mol. The number of carbonyl (C=O) groups is 2. The van der Waals surface area contributed by atoms with E-state index in [-0.39, 0.29) is 11.3 Å². The number of urea groups is 1. The molecule has 3 amide bonds. The third kappa shape index (κ3) is 5.64. The van der Waals surface area contributed by atoms with Crippen LogP contribution < -0.4 is 16.0 Å². The third-order valence-electron chi connectivity index (χ3n) is 8.06. The van der Waals surface area contributed by atoms with E-state index < -0.39 is 6.03 Å². The lowest BCUT2D eigenvalue weighted by molar-refractivity contribution is 0.0234. The molecule has 1 atom stereocenters. The van der Waals surface area contributed by atoms with E-state index in [0.717, 1.165) is 61.3 Å². The van der Waals surface area contributed by atoms with E-state index in [1.165, 1.54) is 17.6 Å². The fourth-order valence-electron chi connectivity index (χ4n) is 6.10. The molecule has 0 radical (unpaired) electrons. The molecule has 40 heavy (non-hydrogen) atoms. The van der Waals surface area contributed by atoms with Crippen LogP contribution >= 0.6 is 0 Å². The zero-order valence-corrected chi connectivity index (χ0v) is 24.3. The van der Waals surface area contributed by atoms with Crippen molar-refractivity contribution in [2.24, 2.45) is 7.05 Å². The molecule has 5 rings (SSSR count). The van der Waals surface area contributed by atoms with Crippen LogP contribution in [0, 0.1) is 0 Å². The quantitative estimate of drug-likeness (QED) is 0.383. The van der Waals surface area contributed by atoms with Crippen LogP contribution in [-0.2, 0) is 17.2 Å². The van der Waals surface area contributed by atoms with E-state index >= 15 is 0 Å². The summed E-state index contributed by atoms with van der Waals surface area (Å²) < 4.78 is 7.41. The standard InChI is InChI=1S/C32H41N5O3/c1-32(2,3)28-20-27(29(36(28)5)30(38)33-4)35-31(39)34-26-14-13-23(24-11-6-7-12-25(24)26)21-9-8-10-22(19-21)37-15-17-40-18-16-37/h6-7,11-14,19-20,22H,8-10,15-18H2,1-5H3,(H,33,38)(H2,34,35,39). The van der Waals surface area contributed by atoms with Crippen molar-refractivity contribution in [2.45, 2.75) is 51.5 Å². The van der Waals surface area contributed by atoms with E-state index in [2.05, 4.69) is 59.8 Å². The Morgan fingerprint density at radius 2 is 1.68 bits per heavy atom. The van der Waals surface area contributed by atoms with E-state index in [9.17, 15) is 9.59 Å². The van der Waals surface area contributed by atoms with Crippen LogP contribution in [0.15, 0.2) is 48.5 Å². The summed E-state index contributed by atoms with van der Waals surface area (Å²) in [6.07, 6.45) is 5.82. The predicted octanol–water partition coefficient (Wildman–Crippen LogP) is 5.75. The first-order chi connectivity index (χ1) is 19.2. The van der Waals surface area contributed by atoms with Crippen molar-refractivity contribution >= 4 is 39.7 Å². The van der Waals surface area contributed by atoms with Crippen molar-refractivity contribution in [3.63, 3.8) is 0 Å². The van der Waals surface area contributed by atoms with Crippen LogP contribution in [0.4, 0.5) is 16.2 Å². The molecule has 1 unspecified atom stereocenters. The number of aromatic nitrogens is 1. The third-order valence-corrected chi connectivity index (χ3v) is 8.06. The second-order valence-electron chi connectivity index (χ2n) is 11.8. The molecule has 1 saturated heterocycles. The molecule has 212 valence electrons. The summed E-state index contributed by atoms with van der Waals surface area (Å²) in [7, 11) is 3.44. The highest BCUT2D eigenvalue weighted by Gasteiger charge is 2.27. The Balaban J connectivity index is 1.42. The molecule has 8 nitrogen and oxygen atoms in total. The first-order valence-electron chi connectivity index (χ1n) is 14.2. The number of hydrogen-bond acceptors (Lipinski definition) is 4. The second kappa shape index (κ2) is 11.5. The first kappa shape index (κ1) is 27.9. The molecule has 1 aliphatic carbocycles. The van der Waals surface area contributed by atoms with Gasteiger partial charge in [-0.2, -0.15) is 0 Å². The molecule has 2 aliphatic rings. The minimum atomic E-state index is -0.390. The average Bonchev–Trinajstić information content (AvgIpc) is 3.29. The molecular formula is C32H41N5O3. The van der Waals surface area contributed by atoms with Crippen LogP contribution in [-0.4, -0.2) is 60.8 Å². The lowest BCUT2D eigenvalue weighted by Crippen LogP contribution is -2.43. The second-order valence-corrected chi connectivity index (χ2v) is 11.8. The summed E-state index contributed by atoms with van der Waals surface area (Å²) in [5.41, 5.74) is 4.96. The molecule has 0 spiro atoms. The van der Waals surface area contributed by atoms with Crippen LogP contribution in [0.25, 0.3) is 16.3 Å². The van der Waals surface area contributed by atoms with Crippen molar-refractivity contribution in [1.29, 1.82) is 0 Å². The van der Waals surface area contributed by atoms with Gasteiger partial charge in [0.25, 0.3) is 5.91 Å². The highest BCUT2D eigenvalue weighted by atomic mass is 16.5. The molecule has 8 heteroatoms. The first-order valence-corrected chi connectivity index (χ1v) is 14.2. The maximum Gasteiger partial charge on any atom is 0.323 e. The number of ether oxygens (including phenoxy) is 1. The molecule has 3 aromatic rings. The summed E-state index contributed by atoms with van der Waals surface area (Å²) in [6.45, 7) is 9.81. The number of allylic oxidation sites excluding steroid dienone is 1. The number of nitrogens with zero attached hydrogens (tertiary/aromatic N) is 2. The molecule has 3 N–H and O–H groups in total. The molecule has 0 saturated carbocycles. The fourth-order valence-corrected chi connectivity index (χ4v) is 6.10. The topological polar surface area (TPSA) is 87.6 Å². The van der Waals surface area contributed by atoms with Crippen molar-refractivity contribution in [1.82, 2.24) is 14.8 Å². The highest BCUT2D eigenvalue weighted by molar-refractivity contribution is 6.10. The predicted molar refractivity (Wildman–Crippen MR) is 162 cm³/mol. The Kier molecular flexibility index (Phi) is 8.01. The number of amides is 3. The SMILES string of the molecule is CNC(=O)c1c(NC(=O)Nc2ccc(C3=CC(N4CCOCC4)CCC3)c3ccccc23)cc(C(C)(C)C)n1C. The van der Waals surface area contributed by atoms with E-state index in [4.69, 9.17) is 4.74 Å². The Morgan fingerprint density at radius 3 is 2.38 bits per heavy atom. The summed E-state index contributed by atoms with van der Waals surface area (Å²) in [4.78, 5) is 28.5. The number of rotatable bonds is 5. The normalized spacial score (nSPS) is 18.3. The summed E-state index contributed by atoms with van der Waals surface area (Å²) in [5.74, 6) is -0.251. The highest BCUT2D eigenvalue weighted by Crippen LogP contribution is 2.36. The van der Waals surface area contributed by atoms with Crippen LogP contribution in [0.5, 0.6) is 0 Å². The van der Waals surface area contributed by atoms with E-state index in [1.807, 2.05) is 41.9 Å². The van der Waals surface area contributed by atoms with Crippen molar-refractivity contribution in [3.8, 4) is 0 Å². The van der Waals surface area contributed by atoms with Gasteiger partial charge >= 0.3 is 6.03 Å². The van der Waals surface area contributed by atoms with Gasteiger partial charge in [-0.25, -0.2) is 4.79 Å². The number of fused-ring (bicyclic) bond motifs is 1. The van der Waals surface area contributed by atoms with Gasteiger partial charge in [0, 0.05) is 49.7 Å². The van der Waals surface area contributed by atoms with Crippen molar-refractivity contribution in [3.05, 3.63) is 65.5 Å². The molecule has 2 heterocycles. The number of anilines is 2. The van der Waals surface area contributed by atoms with Gasteiger partial charge in [0.15, 0.2) is 0 Å². The maximum atomic E-state index is 13.3. The van der Waals surface area contributed by atoms with Gasteiger partial charge in [0.05, 0.1) is 24.6 Å². The smallest absolute Gasteiger partial charge is 0.323 e. The van der Waals surface area contributed by atoms with Crippen molar-refractivity contribution < 1.29 is 14.3 Å². The van der Waals surface area contributed by atoms with Gasteiger partial charge in [0.1, 0.15) is 5.69 Å². The average molecular weight is 544 g/mol. The van der Waals surface area contributed by atoms with Crippen LogP contribution in [0.2, 0.25) is 0 Å². The number of nitrogens with one attached hydrogen (secondary N) is 3. The van der Waals surface area contributed by atoms with E-state index in [1.54, 1.807) is 7.05 Å². The van der Waals surface area contributed by atoms with Gasteiger partial charge in [-0.1, -0.05) is 57.2 Å². The van der Waals surface area contributed by atoms with Crippen LogP contribution in [0.1, 0.15) is 61.8 Å². The Labute approximate surface area is 236 Å². The van der Waals surface area contributed by atoms with Gasteiger partial charge in [-0.3, -0.25) is 9.69 Å². The largest absolute Gasteiger partial charge is 0.379 e. The van der Waals surface area contributed by atoms with Gasteiger partial charge in [-0.15, -0.1) is 0 Å². The number of benzene rings is 2. The maximum absolute atomic E-state index is 13.3. The zero-order chi connectivity index (χ0) is 28.4. The Morgan fingerprint density at radius 1 is 0.975 bits per heavy atom. The number of carbonyl (C=O) groups excluding carboxylic acids is 2. The Bertz CT molecular complexity index is 1440. The van der Waals surface area contributed by atoms with Gasteiger partial charge in [-0.05, 0) is 47.9 Å². The lowest BCUT2D eigenvalue weighted by atomic mass is 9.87. The number of morpholine rings is 1. The molecule has 1 fully saturated rings. The molecule has 0 bridgehead atoms. The van der Waals surface area contributed by atoms with Gasteiger partial charge in [0.2, 0.25) is 0 Å². The minimum absolute atomic E-state index is 0.200. The molecule has 2 aromatic carbocycles. The fraction of sp³-hybridized carbons (Fsp3) is 0.438. The van der Waals surface area contributed by atoms with Gasteiger partial charge < -0.3 is 25.3 Å². The molecule has 1 aromatic heterocycles. The number of hydrogen-bond donors (Lipinski definition) is 3. The molecule has 1 aliphatic heterocycles. The zero-order valence-electron chi connectivity index (χ0n) is 24.3. The Hall–Kier alpha value is -3.62. The summed E-state index contributed by atoms with van der Waals surface area (Å²) in [5, 5.41) is 10.8. The lowest BCUT2D eigenvalue weighted by Gasteiger charge is -2.35. The summed E-state index contributed by atoms with van der Waals surface area (Å²) >= 11 is 0. The van der Waals surface area contributed by atoms with E-state index in [0.29, 0.717) is 17.4 Å². The summed E-state index contributed by atoms with van der Waals surface area (Å²) in [6, 6.07) is 14.3. The minimum Gasteiger partial charge on any atom is -0.379 e.